The Balaban J connectivity index is 0.979. The van der Waals surface area contributed by atoms with Crippen LogP contribution in [0, 0.1) is 0 Å². The van der Waals surface area contributed by atoms with Crippen LogP contribution >= 0.6 is 11.3 Å². The van der Waals surface area contributed by atoms with Crippen LogP contribution in [0.3, 0.4) is 0 Å². The van der Waals surface area contributed by atoms with E-state index < -0.39 is 5.41 Å². The maximum Gasteiger partial charge on any atom is 0.0726 e. The van der Waals surface area contributed by atoms with Gasteiger partial charge in [-0.2, -0.15) is 0 Å². The fourth-order valence-electron chi connectivity index (χ4n) is 12.3. The van der Waals surface area contributed by atoms with Crippen molar-refractivity contribution in [3.63, 3.8) is 0 Å². The van der Waals surface area contributed by atoms with E-state index in [1.54, 1.807) is 0 Å². The van der Waals surface area contributed by atoms with Crippen LogP contribution in [0.15, 0.2) is 237 Å². The molecule has 15 rings (SSSR count). The van der Waals surface area contributed by atoms with E-state index in [1.165, 1.54) is 119 Å². The lowest BCUT2D eigenvalue weighted by atomic mass is 9.70. The summed E-state index contributed by atoms with van der Waals surface area (Å²) in [5, 5.41) is 12.9. The molecule has 0 aliphatic heterocycles. The molecule has 0 saturated heterocycles. The van der Waals surface area contributed by atoms with Gasteiger partial charge < -0.3 is 4.90 Å². The quantitative estimate of drug-likeness (QED) is 0.159. The van der Waals surface area contributed by atoms with E-state index in [9.17, 15) is 0 Å². The summed E-state index contributed by atoms with van der Waals surface area (Å²) in [5.74, 6) is 0. The molecule has 0 atom stereocenters. The van der Waals surface area contributed by atoms with Crippen LogP contribution < -0.4 is 4.90 Å². The maximum absolute atomic E-state index is 2.51. The molecule has 1 heterocycles. The van der Waals surface area contributed by atoms with Crippen molar-refractivity contribution in [2.75, 3.05) is 4.90 Å². The number of nitrogens with zero attached hydrogens (tertiary/aromatic N) is 1. The molecule has 1 nitrogen and oxygen atoms in total. The first-order valence-corrected chi connectivity index (χ1v) is 24.1. The number of rotatable bonds is 4. The molecular weight excluding hydrogens is 827 g/mol. The molecule has 0 amide bonds. The summed E-state index contributed by atoms with van der Waals surface area (Å²) in [6.45, 7) is 0. The molecule has 0 radical (unpaired) electrons. The molecule has 0 bridgehead atoms. The van der Waals surface area contributed by atoms with E-state index in [1.807, 2.05) is 11.3 Å². The normalized spacial score (nSPS) is 13.2. The molecule has 2 heteroatoms. The summed E-state index contributed by atoms with van der Waals surface area (Å²) in [4.78, 5) is 2.49. The van der Waals surface area contributed by atoms with Crippen LogP contribution in [-0.2, 0) is 5.41 Å². The Kier molecular flexibility index (Phi) is 7.65. The summed E-state index contributed by atoms with van der Waals surface area (Å²) >= 11 is 1.90. The van der Waals surface area contributed by atoms with Gasteiger partial charge in [0.05, 0.1) is 5.41 Å². The Hall–Kier alpha value is -8.30. The molecule has 2 aliphatic rings. The first-order chi connectivity index (χ1) is 33.2. The molecule has 13 aromatic rings. The summed E-state index contributed by atoms with van der Waals surface area (Å²) < 4.78 is 2.65. The zero-order valence-electron chi connectivity index (χ0n) is 36.4. The van der Waals surface area contributed by atoms with Crippen molar-refractivity contribution < 1.29 is 0 Å². The third-order valence-corrected chi connectivity index (χ3v) is 16.2. The molecule has 1 spiro atoms. The third-order valence-electron chi connectivity index (χ3n) is 15.0. The second-order valence-electron chi connectivity index (χ2n) is 18.3. The summed E-state index contributed by atoms with van der Waals surface area (Å²) in [6.07, 6.45) is 0. The van der Waals surface area contributed by atoms with Crippen LogP contribution in [-0.4, -0.2) is 0 Å². The average Bonchev–Trinajstić information content (AvgIpc) is 4.04. The minimum Gasteiger partial charge on any atom is -0.310 e. The SMILES string of the molecule is c1ccc2c(c1)-c1ccccc1C21c2ccccc2-c2ccc(N(c3ccc(-c4cc5ccccc5c5c4sc4ccccc45)cc3)c3ccc4c5ccccc5c5ccccc5c4c3)cc21. The Morgan fingerprint density at radius 1 is 0.299 bits per heavy atom. The van der Waals surface area contributed by atoms with Crippen molar-refractivity contribution in [3.8, 4) is 33.4 Å². The van der Waals surface area contributed by atoms with E-state index >= 15 is 0 Å². The van der Waals surface area contributed by atoms with Gasteiger partial charge in [-0.05, 0) is 142 Å². The lowest BCUT2D eigenvalue weighted by Gasteiger charge is -2.32. The fourth-order valence-corrected chi connectivity index (χ4v) is 13.5. The Labute approximate surface area is 392 Å². The van der Waals surface area contributed by atoms with Crippen LogP contribution in [0.4, 0.5) is 17.1 Å². The predicted octanol–water partition coefficient (Wildman–Crippen LogP) is 18.1. The van der Waals surface area contributed by atoms with E-state index in [-0.39, 0.29) is 0 Å². The fraction of sp³-hybridized carbons (Fsp3) is 0.0154. The molecule has 0 unspecified atom stereocenters. The number of benzene rings is 12. The van der Waals surface area contributed by atoms with E-state index in [4.69, 9.17) is 0 Å². The zero-order chi connectivity index (χ0) is 43.8. The first kappa shape index (κ1) is 37.0. The minimum absolute atomic E-state index is 0.450. The van der Waals surface area contributed by atoms with Crippen molar-refractivity contribution in [3.05, 3.63) is 259 Å². The largest absolute Gasteiger partial charge is 0.310 e. The lowest BCUT2D eigenvalue weighted by molar-refractivity contribution is 0.793. The second kappa shape index (κ2) is 13.9. The molecule has 0 fully saturated rings. The predicted molar refractivity (Wildman–Crippen MR) is 286 cm³/mol. The number of hydrogen-bond acceptors (Lipinski definition) is 2. The molecule has 0 N–H and O–H groups in total. The van der Waals surface area contributed by atoms with E-state index in [2.05, 4.69) is 241 Å². The highest BCUT2D eigenvalue weighted by Crippen LogP contribution is 2.63. The van der Waals surface area contributed by atoms with Gasteiger partial charge in [0.25, 0.3) is 0 Å². The molecule has 12 aromatic carbocycles. The highest BCUT2D eigenvalue weighted by atomic mass is 32.1. The van der Waals surface area contributed by atoms with Crippen molar-refractivity contribution in [1.82, 2.24) is 0 Å². The molecular formula is C65H39NS. The molecule has 0 saturated carbocycles. The number of anilines is 3. The van der Waals surface area contributed by atoms with Gasteiger partial charge in [0, 0.05) is 42.8 Å². The van der Waals surface area contributed by atoms with E-state index in [0.29, 0.717) is 0 Å². The standard InChI is InChI=1S/C65H39NS/c1-2-16-45-41(15-1)37-56(64-63(45)55-24-10-14-28-62(55)67-64)40-29-31-42(32-30-40)66(43-33-35-50-48-19-4-3-17-46(48)47-18-5-6-20-49(47)57(50)38-43)44-34-36-54-53-23-9-13-27-60(53)65(61(54)39-44)58-25-11-7-21-51(58)52-22-8-12-26-59(52)65/h1-39H. The van der Waals surface area contributed by atoms with Crippen molar-refractivity contribution in [1.29, 1.82) is 0 Å². The average molecular weight is 866 g/mol. The van der Waals surface area contributed by atoms with Crippen molar-refractivity contribution in [2.24, 2.45) is 0 Å². The number of hydrogen-bond donors (Lipinski definition) is 0. The van der Waals surface area contributed by atoms with Gasteiger partial charge in [-0.3, -0.25) is 0 Å². The molecule has 2 aliphatic carbocycles. The monoisotopic (exact) mass is 865 g/mol. The first-order valence-electron chi connectivity index (χ1n) is 23.2. The van der Waals surface area contributed by atoms with Gasteiger partial charge in [0.1, 0.15) is 0 Å². The van der Waals surface area contributed by atoms with Crippen molar-refractivity contribution in [2.45, 2.75) is 5.41 Å². The second-order valence-corrected chi connectivity index (χ2v) is 19.3. The van der Waals surface area contributed by atoms with E-state index in [0.717, 1.165) is 17.1 Å². The smallest absolute Gasteiger partial charge is 0.0726 e. The van der Waals surface area contributed by atoms with Gasteiger partial charge in [0.2, 0.25) is 0 Å². The van der Waals surface area contributed by atoms with Gasteiger partial charge in [-0.15, -0.1) is 11.3 Å². The highest BCUT2D eigenvalue weighted by molar-refractivity contribution is 7.26. The van der Waals surface area contributed by atoms with Crippen molar-refractivity contribution >= 4 is 91.7 Å². The van der Waals surface area contributed by atoms with Gasteiger partial charge >= 0.3 is 0 Å². The minimum atomic E-state index is -0.450. The molecule has 310 valence electrons. The van der Waals surface area contributed by atoms with Crippen LogP contribution in [0.5, 0.6) is 0 Å². The summed E-state index contributed by atoms with van der Waals surface area (Å²) in [7, 11) is 0. The maximum atomic E-state index is 2.51. The number of fused-ring (bicyclic) bond motifs is 21. The van der Waals surface area contributed by atoms with Crippen LogP contribution in [0.2, 0.25) is 0 Å². The Morgan fingerprint density at radius 2 is 0.761 bits per heavy atom. The van der Waals surface area contributed by atoms with Gasteiger partial charge in [-0.1, -0.05) is 188 Å². The Morgan fingerprint density at radius 3 is 1.40 bits per heavy atom. The van der Waals surface area contributed by atoms with Gasteiger partial charge in [-0.25, -0.2) is 0 Å². The van der Waals surface area contributed by atoms with Crippen LogP contribution in [0.1, 0.15) is 22.3 Å². The molecule has 1 aromatic heterocycles. The lowest BCUT2D eigenvalue weighted by Crippen LogP contribution is -2.26. The van der Waals surface area contributed by atoms with Gasteiger partial charge in [0.15, 0.2) is 0 Å². The summed E-state index contributed by atoms with van der Waals surface area (Å²) in [5.41, 5.74) is 16.0. The Bertz CT molecular complexity index is 4130. The topological polar surface area (TPSA) is 3.24 Å². The number of thiophene rings is 1. The summed E-state index contributed by atoms with van der Waals surface area (Å²) in [6, 6.07) is 88.9. The highest BCUT2D eigenvalue weighted by Gasteiger charge is 2.51. The molecule has 67 heavy (non-hydrogen) atoms. The zero-order valence-corrected chi connectivity index (χ0v) is 37.2. The van der Waals surface area contributed by atoms with Crippen LogP contribution in [0.25, 0.3) is 96.6 Å². The third kappa shape index (κ3) is 5.03.